The van der Waals surface area contributed by atoms with Crippen LogP contribution in [0.3, 0.4) is 0 Å². The molecule has 0 heterocycles. The smallest absolute Gasteiger partial charge is 0.322 e. The zero-order valence-electron chi connectivity index (χ0n) is 12.8. The summed E-state index contributed by atoms with van der Waals surface area (Å²) in [6.07, 6.45) is 1.69. The van der Waals surface area contributed by atoms with E-state index in [0.717, 1.165) is 25.9 Å². The third kappa shape index (κ3) is 3.85. The van der Waals surface area contributed by atoms with Crippen molar-refractivity contribution in [2.45, 2.75) is 46.1 Å². The van der Waals surface area contributed by atoms with Crippen molar-refractivity contribution >= 4 is 24.3 Å². The lowest BCUT2D eigenvalue weighted by molar-refractivity contribution is -0.166. The fourth-order valence-electron chi connectivity index (χ4n) is 2.76. The van der Waals surface area contributed by atoms with Crippen molar-refractivity contribution in [2.24, 2.45) is 5.92 Å². The van der Waals surface area contributed by atoms with Crippen molar-refractivity contribution in [1.82, 2.24) is 4.90 Å². The number of esters is 2. The second-order valence-electron chi connectivity index (χ2n) is 4.71. The summed E-state index contributed by atoms with van der Waals surface area (Å²) in [5.74, 6) is -1.72. The van der Waals surface area contributed by atoms with Gasteiger partial charge in [0.1, 0.15) is 0 Å². The monoisotopic (exact) mass is 307 g/mol. The molecule has 0 spiro atoms. The van der Waals surface area contributed by atoms with Gasteiger partial charge in [-0.15, -0.1) is 12.4 Å². The van der Waals surface area contributed by atoms with E-state index in [9.17, 15) is 9.59 Å². The number of hydrogen-bond donors (Lipinski definition) is 0. The summed E-state index contributed by atoms with van der Waals surface area (Å²) in [6, 6.07) is 0. The molecule has 6 heteroatoms. The van der Waals surface area contributed by atoms with Gasteiger partial charge in [0.15, 0.2) is 5.92 Å². The van der Waals surface area contributed by atoms with E-state index in [4.69, 9.17) is 9.47 Å². The van der Waals surface area contributed by atoms with E-state index in [1.807, 2.05) is 13.8 Å². The summed E-state index contributed by atoms with van der Waals surface area (Å²) in [5, 5.41) is 0. The van der Waals surface area contributed by atoms with Crippen molar-refractivity contribution in [3.05, 3.63) is 0 Å². The van der Waals surface area contributed by atoms with Crippen molar-refractivity contribution < 1.29 is 19.1 Å². The largest absolute Gasteiger partial charge is 0.465 e. The zero-order valence-corrected chi connectivity index (χ0v) is 13.6. The molecule has 1 saturated carbocycles. The van der Waals surface area contributed by atoms with E-state index in [0.29, 0.717) is 0 Å². The topological polar surface area (TPSA) is 55.8 Å². The maximum absolute atomic E-state index is 12.1. The first-order valence-electron chi connectivity index (χ1n) is 7.15. The van der Waals surface area contributed by atoms with Crippen molar-refractivity contribution in [3.63, 3.8) is 0 Å². The minimum Gasteiger partial charge on any atom is -0.465 e. The number of hydrogen-bond acceptors (Lipinski definition) is 5. The highest BCUT2D eigenvalue weighted by molar-refractivity contribution is 5.97. The molecule has 1 fully saturated rings. The highest BCUT2D eigenvalue weighted by Gasteiger charge is 2.60. The lowest BCUT2D eigenvalue weighted by Crippen LogP contribution is -2.50. The van der Waals surface area contributed by atoms with E-state index in [2.05, 4.69) is 4.90 Å². The van der Waals surface area contributed by atoms with Gasteiger partial charge < -0.3 is 9.47 Å². The van der Waals surface area contributed by atoms with E-state index in [1.165, 1.54) is 0 Å². The van der Waals surface area contributed by atoms with Crippen molar-refractivity contribution in [2.75, 3.05) is 26.3 Å². The first kappa shape index (κ1) is 19.2. The van der Waals surface area contributed by atoms with Gasteiger partial charge in [0.25, 0.3) is 0 Å². The predicted octanol–water partition coefficient (Wildman–Crippen LogP) is 2.02. The summed E-state index contributed by atoms with van der Waals surface area (Å²) in [5.41, 5.74) is -0.387. The Morgan fingerprint density at radius 1 is 1.00 bits per heavy atom. The zero-order chi connectivity index (χ0) is 14.5. The van der Waals surface area contributed by atoms with Gasteiger partial charge in [-0.05, 0) is 39.8 Å². The Kier molecular flexibility index (Phi) is 8.13. The summed E-state index contributed by atoms with van der Waals surface area (Å²) < 4.78 is 10.1. The van der Waals surface area contributed by atoms with Gasteiger partial charge in [0.2, 0.25) is 0 Å². The molecule has 118 valence electrons. The number of rotatable bonds is 8. The Balaban J connectivity index is 0.00000361. The number of ether oxygens (including phenoxy) is 2. The quantitative estimate of drug-likeness (QED) is 0.507. The van der Waals surface area contributed by atoms with Crippen molar-refractivity contribution in [1.29, 1.82) is 0 Å². The maximum Gasteiger partial charge on any atom is 0.322 e. The molecule has 0 bridgehead atoms. The standard InChI is InChI=1S/C14H25NO4.ClH/c1-5-15(6-2)14(9-10-14)11(12(16)18-7-3)13(17)19-8-4;/h11H,5-10H2,1-4H3;1H. The Hall–Kier alpha value is -0.810. The number of halogens is 1. The Morgan fingerprint density at radius 3 is 1.65 bits per heavy atom. The second kappa shape index (κ2) is 8.47. The first-order chi connectivity index (χ1) is 9.07. The SMILES string of the molecule is CCOC(=O)C(C(=O)OCC)C1(N(CC)CC)CC1.Cl. The number of carbonyl (C=O) groups excluding carboxylic acids is 2. The first-order valence-corrected chi connectivity index (χ1v) is 7.15. The molecule has 0 aliphatic heterocycles. The summed E-state index contributed by atoms with van der Waals surface area (Å²) in [6.45, 7) is 9.76. The van der Waals surface area contributed by atoms with Gasteiger partial charge in [-0.2, -0.15) is 0 Å². The van der Waals surface area contributed by atoms with Gasteiger partial charge in [-0.1, -0.05) is 13.8 Å². The molecule has 1 aliphatic carbocycles. The Bertz CT molecular complexity index is 309. The van der Waals surface area contributed by atoms with Gasteiger partial charge >= 0.3 is 11.9 Å². The van der Waals surface area contributed by atoms with Crippen LogP contribution in [-0.4, -0.2) is 48.7 Å². The molecule has 0 N–H and O–H groups in total. The molecular weight excluding hydrogens is 282 g/mol. The Morgan fingerprint density at radius 2 is 1.40 bits per heavy atom. The lowest BCUT2D eigenvalue weighted by atomic mass is 9.95. The van der Waals surface area contributed by atoms with E-state index in [-0.39, 0.29) is 31.2 Å². The molecule has 1 aliphatic rings. The maximum atomic E-state index is 12.1. The van der Waals surface area contributed by atoms with Crippen LogP contribution in [0.25, 0.3) is 0 Å². The molecule has 0 saturated heterocycles. The van der Waals surface area contributed by atoms with E-state index in [1.54, 1.807) is 13.8 Å². The molecule has 0 radical (unpaired) electrons. The molecule has 1 rings (SSSR count). The Labute approximate surface area is 127 Å². The van der Waals surface area contributed by atoms with Gasteiger partial charge in [-0.25, -0.2) is 0 Å². The molecule has 0 unspecified atom stereocenters. The fraction of sp³-hybridized carbons (Fsp3) is 0.857. The van der Waals surface area contributed by atoms with Crippen LogP contribution in [0, 0.1) is 5.92 Å². The fourth-order valence-corrected chi connectivity index (χ4v) is 2.76. The molecule has 5 nitrogen and oxygen atoms in total. The minimum atomic E-state index is -0.813. The molecule has 0 aromatic rings. The van der Waals surface area contributed by atoms with Crippen LogP contribution in [0.2, 0.25) is 0 Å². The van der Waals surface area contributed by atoms with Crippen LogP contribution in [0.15, 0.2) is 0 Å². The highest BCUT2D eigenvalue weighted by Crippen LogP contribution is 2.48. The normalized spacial score (nSPS) is 15.7. The van der Waals surface area contributed by atoms with E-state index >= 15 is 0 Å². The van der Waals surface area contributed by atoms with Gasteiger partial charge in [0, 0.05) is 5.54 Å². The molecular formula is C14H26ClNO4. The number of nitrogens with zero attached hydrogens (tertiary/aromatic N) is 1. The van der Waals surface area contributed by atoms with Gasteiger partial charge in [0.05, 0.1) is 13.2 Å². The molecule has 0 atom stereocenters. The van der Waals surface area contributed by atoms with Crippen LogP contribution >= 0.6 is 12.4 Å². The average molecular weight is 308 g/mol. The minimum absolute atomic E-state index is 0. The summed E-state index contributed by atoms with van der Waals surface area (Å²) in [7, 11) is 0. The average Bonchev–Trinajstić information content (AvgIpc) is 3.13. The van der Waals surface area contributed by atoms with E-state index < -0.39 is 17.9 Å². The lowest BCUT2D eigenvalue weighted by Gasteiger charge is -2.33. The molecule has 0 amide bonds. The molecule has 0 aromatic carbocycles. The van der Waals surface area contributed by atoms with Crippen LogP contribution in [0.5, 0.6) is 0 Å². The van der Waals surface area contributed by atoms with Crippen LogP contribution in [0.4, 0.5) is 0 Å². The van der Waals surface area contributed by atoms with Crippen LogP contribution in [-0.2, 0) is 19.1 Å². The third-order valence-electron chi connectivity index (χ3n) is 3.74. The van der Waals surface area contributed by atoms with Crippen LogP contribution in [0.1, 0.15) is 40.5 Å². The van der Waals surface area contributed by atoms with Crippen molar-refractivity contribution in [3.8, 4) is 0 Å². The highest BCUT2D eigenvalue weighted by atomic mass is 35.5. The summed E-state index contributed by atoms with van der Waals surface area (Å²) >= 11 is 0. The van der Waals surface area contributed by atoms with Crippen LogP contribution < -0.4 is 0 Å². The molecule has 20 heavy (non-hydrogen) atoms. The third-order valence-corrected chi connectivity index (χ3v) is 3.74. The van der Waals surface area contributed by atoms with Gasteiger partial charge in [-0.3, -0.25) is 14.5 Å². The predicted molar refractivity (Wildman–Crippen MR) is 78.9 cm³/mol. The summed E-state index contributed by atoms with van der Waals surface area (Å²) in [4.78, 5) is 26.4. The number of carbonyl (C=O) groups is 2. The second-order valence-corrected chi connectivity index (χ2v) is 4.71. The molecule has 0 aromatic heterocycles.